The fourth-order valence-corrected chi connectivity index (χ4v) is 3.57. The molecule has 0 aliphatic rings. The predicted molar refractivity (Wildman–Crippen MR) is 97.1 cm³/mol. The van der Waals surface area contributed by atoms with E-state index >= 15 is 0 Å². The Morgan fingerprint density at radius 1 is 1.15 bits per heavy atom. The molecular weight excluding hydrogens is 374 g/mol. The van der Waals surface area contributed by atoms with Crippen molar-refractivity contribution in [1.29, 1.82) is 0 Å². The second kappa shape index (κ2) is 8.21. The van der Waals surface area contributed by atoms with Crippen LogP contribution < -0.4 is 4.72 Å². The number of sulfonamides is 1. The van der Waals surface area contributed by atoms with Crippen molar-refractivity contribution in [2.45, 2.75) is 25.7 Å². The first-order valence-corrected chi connectivity index (χ1v) is 9.69. The molecule has 0 unspecified atom stereocenters. The van der Waals surface area contributed by atoms with E-state index in [1.807, 2.05) is 0 Å². The maximum absolute atomic E-state index is 12.7. The van der Waals surface area contributed by atoms with E-state index < -0.39 is 22.0 Å². The molecule has 0 saturated carbocycles. The maximum atomic E-state index is 12.7. The van der Waals surface area contributed by atoms with E-state index in [1.54, 1.807) is 27.8 Å². The topological polar surface area (TPSA) is 117 Å². The van der Waals surface area contributed by atoms with Gasteiger partial charge in [0.15, 0.2) is 0 Å². The Bertz CT molecular complexity index is 965. The fraction of sp³-hybridized carbons (Fsp3) is 0.353. The molecule has 0 amide bonds. The van der Waals surface area contributed by atoms with E-state index in [4.69, 9.17) is 9.47 Å². The zero-order valence-electron chi connectivity index (χ0n) is 15.5. The average molecular weight is 395 g/mol. The van der Waals surface area contributed by atoms with Gasteiger partial charge in [0.2, 0.25) is 0 Å². The Labute approximate surface area is 157 Å². The largest absolute Gasteiger partial charge is 0.462 e. The number of esters is 2. The number of hydrogen-bond acceptors (Lipinski definition) is 7. The van der Waals surface area contributed by atoms with Gasteiger partial charge in [0.05, 0.1) is 41.9 Å². The lowest BCUT2D eigenvalue weighted by atomic mass is 10.1. The number of aryl methyl sites for hydroxylation is 1. The molecule has 0 saturated heterocycles. The van der Waals surface area contributed by atoms with Crippen LogP contribution in [0.5, 0.6) is 0 Å². The fourth-order valence-electron chi connectivity index (χ4n) is 2.30. The van der Waals surface area contributed by atoms with Crippen LogP contribution in [0, 0.1) is 6.92 Å². The number of ether oxygens (including phenoxy) is 2. The first-order valence-electron chi connectivity index (χ1n) is 8.21. The molecule has 0 bridgehead atoms. The SMILES string of the molecule is CCOC(=O)c1ccc(C(=O)OCC)c(NS(=O)(=O)c2cnn(C)c2C)c1. The van der Waals surface area contributed by atoms with Gasteiger partial charge in [-0.2, -0.15) is 5.10 Å². The summed E-state index contributed by atoms with van der Waals surface area (Å²) in [5.41, 5.74) is 0.421. The van der Waals surface area contributed by atoms with Gasteiger partial charge in [0, 0.05) is 7.05 Å². The van der Waals surface area contributed by atoms with E-state index in [2.05, 4.69) is 9.82 Å². The van der Waals surface area contributed by atoms with Crippen LogP contribution in [0.25, 0.3) is 0 Å². The molecule has 9 nitrogen and oxygen atoms in total. The van der Waals surface area contributed by atoms with Gasteiger partial charge in [0.1, 0.15) is 4.90 Å². The third kappa shape index (κ3) is 4.45. The van der Waals surface area contributed by atoms with Gasteiger partial charge in [-0.3, -0.25) is 9.40 Å². The molecule has 1 aromatic carbocycles. The Morgan fingerprint density at radius 2 is 1.78 bits per heavy atom. The van der Waals surface area contributed by atoms with Crippen LogP contribution in [-0.4, -0.2) is 43.4 Å². The Hall–Kier alpha value is -2.88. The lowest BCUT2D eigenvalue weighted by Crippen LogP contribution is -2.18. The summed E-state index contributed by atoms with van der Waals surface area (Å²) in [6.45, 7) is 5.16. The number of nitrogens with zero attached hydrogens (tertiary/aromatic N) is 2. The monoisotopic (exact) mass is 395 g/mol. The van der Waals surface area contributed by atoms with Crippen molar-refractivity contribution in [3.05, 3.63) is 41.2 Å². The highest BCUT2D eigenvalue weighted by atomic mass is 32.2. The van der Waals surface area contributed by atoms with Gasteiger partial charge in [-0.25, -0.2) is 18.0 Å². The molecule has 0 spiro atoms. The minimum absolute atomic E-state index is 0.0185. The quantitative estimate of drug-likeness (QED) is 0.711. The molecule has 2 rings (SSSR count). The maximum Gasteiger partial charge on any atom is 0.340 e. The molecule has 10 heteroatoms. The minimum atomic E-state index is -4.04. The van der Waals surface area contributed by atoms with Crippen LogP contribution in [0.2, 0.25) is 0 Å². The van der Waals surface area contributed by atoms with Crippen molar-refractivity contribution < 1.29 is 27.5 Å². The van der Waals surface area contributed by atoms with Gasteiger partial charge in [-0.15, -0.1) is 0 Å². The summed E-state index contributed by atoms with van der Waals surface area (Å²) >= 11 is 0. The molecular formula is C17H21N3O6S. The molecule has 0 aliphatic carbocycles. The molecule has 2 aromatic rings. The van der Waals surface area contributed by atoms with E-state index in [0.29, 0.717) is 5.69 Å². The van der Waals surface area contributed by atoms with Crippen molar-refractivity contribution in [3.63, 3.8) is 0 Å². The molecule has 0 radical (unpaired) electrons. The average Bonchev–Trinajstić information content (AvgIpc) is 2.94. The van der Waals surface area contributed by atoms with E-state index in [0.717, 1.165) is 0 Å². The van der Waals surface area contributed by atoms with Crippen molar-refractivity contribution in [1.82, 2.24) is 9.78 Å². The first-order chi connectivity index (χ1) is 12.7. The molecule has 27 heavy (non-hydrogen) atoms. The zero-order valence-corrected chi connectivity index (χ0v) is 16.3. The molecule has 146 valence electrons. The van der Waals surface area contributed by atoms with Crippen molar-refractivity contribution in [2.24, 2.45) is 7.05 Å². The number of carbonyl (C=O) groups excluding carboxylic acids is 2. The second-order valence-electron chi connectivity index (χ2n) is 5.52. The lowest BCUT2D eigenvalue weighted by molar-refractivity contribution is 0.0512. The van der Waals surface area contributed by atoms with Gasteiger partial charge >= 0.3 is 11.9 Å². The summed E-state index contributed by atoms with van der Waals surface area (Å²) in [4.78, 5) is 24.1. The van der Waals surface area contributed by atoms with E-state index in [9.17, 15) is 18.0 Å². The molecule has 0 aliphatic heterocycles. The zero-order chi connectivity index (χ0) is 20.2. The van der Waals surface area contributed by atoms with Crippen LogP contribution >= 0.6 is 0 Å². The highest BCUT2D eigenvalue weighted by molar-refractivity contribution is 7.92. The van der Waals surface area contributed by atoms with Gasteiger partial charge in [0.25, 0.3) is 10.0 Å². The number of anilines is 1. The van der Waals surface area contributed by atoms with Crippen LogP contribution in [0.15, 0.2) is 29.3 Å². The third-order valence-corrected chi connectivity index (χ3v) is 5.22. The van der Waals surface area contributed by atoms with E-state index in [-0.39, 0.29) is 34.9 Å². The molecule has 0 fully saturated rings. The second-order valence-corrected chi connectivity index (χ2v) is 7.18. The smallest absolute Gasteiger partial charge is 0.340 e. The summed E-state index contributed by atoms with van der Waals surface area (Å²) in [5.74, 6) is -1.35. The van der Waals surface area contributed by atoms with Crippen LogP contribution in [0.4, 0.5) is 5.69 Å². The number of aromatic nitrogens is 2. The van der Waals surface area contributed by atoms with Crippen molar-refractivity contribution in [2.75, 3.05) is 17.9 Å². The highest BCUT2D eigenvalue weighted by Crippen LogP contribution is 2.24. The number of rotatable bonds is 7. The first kappa shape index (κ1) is 20.4. The predicted octanol–water partition coefficient (Wildman–Crippen LogP) is 1.88. The molecule has 1 heterocycles. The van der Waals surface area contributed by atoms with Crippen molar-refractivity contribution in [3.8, 4) is 0 Å². The summed E-state index contributed by atoms with van der Waals surface area (Å²) in [5, 5.41) is 3.91. The van der Waals surface area contributed by atoms with Gasteiger partial charge < -0.3 is 9.47 Å². The normalized spacial score (nSPS) is 11.1. The summed E-state index contributed by atoms with van der Waals surface area (Å²) in [6.07, 6.45) is 1.21. The Morgan fingerprint density at radius 3 is 2.33 bits per heavy atom. The molecule has 1 N–H and O–H groups in total. The Balaban J connectivity index is 2.50. The van der Waals surface area contributed by atoms with E-state index in [1.165, 1.54) is 29.1 Å². The highest BCUT2D eigenvalue weighted by Gasteiger charge is 2.24. The van der Waals surface area contributed by atoms with Gasteiger partial charge in [-0.1, -0.05) is 0 Å². The Kier molecular flexibility index (Phi) is 6.21. The number of carbonyl (C=O) groups is 2. The lowest BCUT2D eigenvalue weighted by Gasteiger charge is -2.13. The third-order valence-electron chi connectivity index (χ3n) is 3.75. The van der Waals surface area contributed by atoms with Crippen LogP contribution in [-0.2, 0) is 26.5 Å². The molecule has 0 atom stereocenters. The summed E-state index contributed by atoms with van der Waals surface area (Å²) in [6, 6.07) is 3.93. The number of hydrogen-bond donors (Lipinski definition) is 1. The van der Waals surface area contributed by atoms with Crippen LogP contribution in [0.1, 0.15) is 40.3 Å². The van der Waals surface area contributed by atoms with Crippen LogP contribution in [0.3, 0.4) is 0 Å². The minimum Gasteiger partial charge on any atom is -0.462 e. The molecule has 1 aromatic heterocycles. The number of benzene rings is 1. The standard InChI is InChI=1S/C17H21N3O6S/c1-5-25-16(21)12-7-8-13(17(22)26-6-2)14(9-12)19-27(23,24)15-10-18-20(4)11(15)3/h7-10,19H,5-6H2,1-4H3. The summed E-state index contributed by atoms with van der Waals surface area (Å²) < 4.78 is 39.1. The number of nitrogens with one attached hydrogen (secondary N) is 1. The van der Waals surface area contributed by atoms with Crippen molar-refractivity contribution >= 4 is 27.6 Å². The van der Waals surface area contributed by atoms with Gasteiger partial charge in [-0.05, 0) is 39.0 Å². The summed E-state index contributed by atoms with van der Waals surface area (Å²) in [7, 11) is -2.43.